The van der Waals surface area contributed by atoms with Gasteiger partial charge >= 0.3 is 0 Å². The lowest BCUT2D eigenvalue weighted by Gasteiger charge is -2.16. The van der Waals surface area contributed by atoms with E-state index in [0.29, 0.717) is 12.3 Å². The number of ketones is 1. The molecule has 3 heteroatoms. The van der Waals surface area contributed by atoms with Crippen LogP contribution >= 0.6 is 0 Å². The minimum Gasteiger partial charge on any atom is -0.396 e. The van der Waals surface area contributed by atoms with Crippen molar-refractivity contribution in [1.29, 1.82) is 0 Å². The quantitative estimate of drug-likeness (QED) is 0.264. The highest BCUT2D eigenvalue weighted by Crippen LogP contribution is 2.23. The number of carbonyl (C=O) groups is 1. The van der Waals surface area contributed by atoms with Crippen LogP contribution in [-0.4, -0.2) is 29.2 Å². The van der Waals surface area contributed by atoms with E-state index < -0.39 is 5.92 Å². The summed E-state index contributed by atoms with van der Waals surface area (Å²) in [4.78, 5) is 11.8. The lowest BCUT2D eigenvalue weighted by molar-refractivity contribution is -0.125. The van der Waals surface area contributed by atoms with Crippen LogP contribution in [0, 0.1) is 29.6 Å². The maximum atomic E-state index is 11.8. The third kappa shape index (κ3) is 15.5. The van der Waals surface area contributed by atoms with Crippen LogP contribution in [0.3, 0.4) is 0 Å². The van der Waals surface area contributed by atoms with Gasteiger partial charge in [-0.3, -0.25) is 4.79 Å². The zero-order chi connectivity index (χ0) is 21.4. The fourth-order valence-electron chi connectivity index (χ4n) is 4.03. The Hall–Kier alpha value is -0.410. The van der Waals surface area contributed by atoms with Crippen LogP contribution in [-0.2, 0) is 4.79 Å². The van der Waals surface area contributed by atoms with Gasteiger partial charge in [0.15, 0.2) is 0 Å². The molecule has 0 aromatic carbocycles. The monoisotopic (exact) mass is 398 g/mol. The third-order valence-electron chi connectivity index (χ3n) is 6.28. The van der Waals surface area contributed by atoms with E-state index in [2.05, 4.69) is 34.6 Å². The zero-order valence-corrected chi connectivity index (χ0v) is 19.6. The van der Waals surface area contributed by atoms with Crippen LogP contribution in [0.5, 0.6) is 0 Å². The summed E-state index contributed by atoms with van der Waals surface area (Å²) in [5, 5.41) is 18.1. The molecular formula is C25H50O3. The Morgan fingerprint density at radius 3 is 1.32 bits per heavy atom. The van der Waals surface area contributed by atoms with Gasteiger partial charge in [-0.25, -0.2) is 0 Å². The van der Waals surface area contributed by atoms with E-state index in [9.17, 15) is 4.79 Å². The summed E-state index contributed by atoms with van der Waals surface area (Å²) in [5.41, 5.74) is 0. The molecule has 0 saturated carbocycles. The predicted molar refractivity (Wildman–Crippen MR) is 120 cm³/mol. The van der Waals surface area contributed by atoms with Crippen LogP contribution in [0.1, 0.15) is 112 Å². The van der Waals surface area contributed by atoms with E-state index in [4.69, 9.17) is 10.2 Å². The summed E-state index contributed by atoms with van der Waals surface area (Å²) in [6.07, 6.45) is 14.6. The van der Waals surface area contributed by atoms with Crippen molar-refractivity contribution in [2.45, 2.75) is 112 Å². The molecule has 168 valence electrons. The molecule has 0 aliphatic rings. The normalized spacial score (nSPS) is 15.2. The topological polar surface area (TPSA) is 57.5 Å². The standard InChI is InChI=1S/C25H50O3/c1-20(2)10-6-11-21(3)12-7-13-22(4)14-8-15-23(5)16-9-17-25(28)24(18-26)19-27/h20-24,26-27H,6-19H2,1-5H3. The Labute approximate surface area is 175 Å². The molecule has 0 radical (unpaired) electrons. The number of hydrogen-bond acceptors (Lipinski definition) is 3. The van der Waals surface area contributed by atoms with Gasteiger partial charge in [-0.05, 0) is 30.1 Å². The number of Topliss-reactive ketones (excluding diaryl/α,β-unsaturated/α-hetero) is 1. The number of rotatable bonds is 19. The van der Waals surface area contributed by atoms with Gasteiger partial charge in [0.1, 0.15) is 5.78 Å². The van der Waals surface area contributed by atoms with Crippen molar-refractivity contribution < 1.29 is 15.0 Å². The summed E-state index contributed by atoms with van der Waals surface area (Å²) < 4.78 is 0. The molecule has 3 unspecified atom stereocenters. The first-order valence-electron chi connectivity index (χ1n) is 12.0. The zero-order valence-electron chi connectivity index (χ0n) is 19.6. The fourth-order valence-corrected chi connectivity index (χ4v) is 4.03. The van der Waals surface area contributed by atoms with Gasteiger partial charge in [0, 0.05) is 6.42 Å². The van der Waals surface area contributed by atoms with Crippen molar-refractivity contribution >= 4 is 5.78 Å². The molecule has 0 saturated heterocycles. The summed E-state index contributed by atoms with van der Waals surface area (Å²) in [6.45, 7) is 11.3. The highest BCUT2D eigenvalue weighted by molar-refractivity contribution is 5.81. The largest absolute Gasteiger partial charge is 0.396 e. The predicted octanol–water partition coefficient (Wildman–Crippen LogP) is 6.40. The smallest absolute Gasteiger partial charge is 0.140 e. The lowest BCUT2D eigenvalue weighted by Crippen LogP contribution is -2.22. The van der Waals surface area contributed by atoms with Gasteiger partial charge < -0.3 is 10.2 Å². The van der Waals surface area contributed by atoms with E-state index in [1.807, 2.05) is 0 Å². The van der Waals surface area contributed by atoms with Gasteiger partial charge in [0.05, 0.1) is 19.1 Å². The Bertz CT molecular complexity index is 363. The van der Waals surface area contributed by atoms with Crippen molar-refractivity contribution in [2.75, 3.05) is 13.2 Å². The SMILES string of the molecule is CC(C)CCCC(C)CCCC(C)CCCC(C)CCCC(=O)C(CO)CO. The molecule has 0 fully saturated rings. The number of aliphatic hydroxyl groups excluding tert-OH is 2. The van der Waals surface area contributed by atoms with Crippen LogP contribution in [0.2, 0.25) is 0 Å². The molecule has 0 bridgehead atoms. The molecular weight excluding hydrogens is 348 g/mol. The minimum atomic E-state index is -0.575. The van der Waals surface area contributed by atoms with E-state index in [0.717, 1.165) is 30.6 Å². The summed E-state index contributed by atoms with van der Waals surface area (Å²) in [6, 6.07) is 0. The number of carbonyl (C=O) groups excluding carboxylic acids is 1. The Morgan fingerprint density at radius 1 is 0.607 bits per heavy atom. The van der Waals surface area contributed by atoms with Gasteiger partial charge in [-0.1, -0.05) is 98.8 Å². The molecule has 0 aliphatic heterocycles. The average molecular weight is 399 g/mol. The lowest BCUT2D eigenvalue weighted by atomic mass is 9.90. The van der Waals surface area contributed by atoms with Crippen LogP contribution in [0.4, 0.5) is 0 Å². The van der Waals surface area contributed by atoms with Gasteiger partial charge in [-0.2, -0.15) is 0 Å². The van der Waals surface area contributed by atoms with E-state index in [-0.39, 0.29) is 19.0 Å². The molecule has 3 nitrogen and oxygen atoms in total. The van der Waals surface area contributed by atoms with Crippen molar-refractivity contribution in [3.63, 3.8) is 0 Å². The van der Waals surface area contributed by atoms with Crippen LogP contribution < -0.4 is 0 Å². The molecule has 2 N–H and O–H groups in total. The molecule has 0 spiro atoms. The average Bonchev–Trinajstić information content (AvgIpc) is 2.62. The van der Waals surface area contributed by atoms with E-state index in [1.165, 1.54) is 57.8 Å². The van der Waals surface area contributed by atoms with Crippen molar-refractivity contribution in [3.05, 3.63) is 0 Å². The highest BCUT2D eigenvalue weighted by atomic mass is 16.3. The summed E-state index contributed by atoms with van der Waals surface area (Å²) in [7, 11) is 0. The van der Waals surface area contributed by atoms with E-state index >= 15 is 0 Å². The molecule has 0 aromatic heterocycles. The van der Waals surface area contributed by atoms with Gasteiger partial charge in [-0.15, -0.1) is 0 Å². The van der Waals surface area contributed by atoms with Crippen molar-refractivity contribution in [3.8, 4) is 0 Å². The second kappa shape index (κ2) is 17.4. The molecule has 0 aromatic rings. The molecule has 0 heterocycles. The Balaban J connectivity index is 3.66. The second-order valence-corrected chi connectivity index (χ2v) is 9.92. The maximum Gasteiger partial charge on any atom is 0.140 e. The first-order chi connectivity index (χ1) is 13.3. The summed E-state index contributed by atoms with van der Waals surface area (Å²) >= 11 is 0. The molecule has 28 heavy (non-hydrogen) atoms. The Kier molecular flexibility index (Phi) is 17.2. The van der Waals surface area contributed by atoms with Gasteiger partial charge in [0.25, 0.3) is 0 Å². The fraction of sp³-hybridized carbons (Fsp3) is 0.960. The Morgan fingerprint density at radius 2 is 0.964 bits per heavy atom. The molecule has 0 rings (SSSR count). The van der Waals surface area contributed by atoms with Gasteiger partial charge in [0.2, 0.25) is 0 Å². The number of aliphatic hydroxyl groups is 2. The van der Waals surface area contributed by atoms with E-state index in [1.54, 1.807) is 0 Å². The highest BCUT2D eigenvalue weighted by Gasteiger charge is 2.16. The summed E-state index contributed by atoms with van der Waals surface area (Å²) in [5.74, 6) is 2.63. The second-order valence-electron chi connectivity index (χ2n) is 9.92. The van der Waals surface area contributed by atoms with Crippen molar-refractivity contribution in [1.82, 2.24) is 0 Å². The molecule has 0 aliphatic carbocycles. The van der Waals surface area contributed by atoms with Crippen molar-refractivity contribution in [2.24, 2.45) is 29.6 Å². The first kappa shape index (κ1) is 27.6. The van der Waals surface area contributed by atoms with Crippen LogP contribution in [0.25, 0.3) is 0 Å². The third-order valence-corrected chi connectivity index (χ3v) is 6.28. The maximum absolute atomic E-state index is 11.8. The van der Waals surface area contributed by atoms with Crippen LogP contribution in [0.15, 0.2) is 0 Å². The molecule has 0 amide bonds. The number of hydrogen-bond donors (Lipinski definition) is 2. The first-order valence-corrected chi connectivity index (χ1v) is 12.0. The molecule has 3 atom stereocenters. The minimum absolute atomic E-state index is 0.00394.